The molecule has 6 nitrogen and oxygen atoms in total. The van der Waals surface area contributed by atoms with Gasteiger partial charge in [-0.3, -0.25) is 14.4 Å². The lowest BCUT2D eigenvalue weighted by atomic mass is 10.0. The number of ether oxygens (including phenoxy) is 3. The standard InChI is InChI=1S/C65H112O6/c1-4-7-10-13-16-19-22-25-28-31-32-35-37-40-43-46-49-52-55-58-64(67)70-61-62(71-65(68)59-56-53-50-47-44-41-38-34-30-27-24-21-18-15-12-9-6-3)60-69-63(66)57-54-51-48-45-42-39-36-33-29-26-23-20-17-14-11-8-5-2/h9,12,16,18-19,21,25,27-28,30,32,35,38,41,62H,4-8,10-11,13-15,17,20,22-24,26,29,31,33-34,36-37,39-40,42-61H2,1-3H3/b12-9-,19-16-,21-18-,28-25-,30-27-,35-32-,41-38-. The van der Waals surface area contributed by atoms with Crippen molar-refractivity contribution in [1.29, 1.82) is 0 Å². The van der Waals surface area contributed by atoms with Crippen LogP contribution in [0.15, 0.2) is 85.1 Å². The lowest BCUT2D eigenvalue weighted by molar-refractivity contribution is -0.167. The zero-order valence-corrected chi connectivity index (χ0v) is 46.7. The van der Waals surface area contributed by atoms with Gasteiger partial charge in [-0.2, -0.15) is 0 Å². The highest BCUT2D eigenvalue weighted by Crippen LogP contribution is 2.16. The third-order valence-electron chi connectivity index (χ3n) is 12.9. The summed E-state index contributed by atoms with van der Waals surface area (Å²) in [5, 5.41) is 0. The molecule has 0 rings (SSSR count). The van der Waals surface area contributed by atoms with Gasteiger partial charge in [-0.1, -0.05) is 260 Å². The summed E-state index contributed by atoms with van der Waals surface area (Å²) in [5.41, 5.74) is 0. The largest absolute Gasteiger partial charge is 0.462 e. The Bertz CT molecular complexity index is 1370. The van der Waals surface area contributed by atoms with E-state index in [2.05, 4.69) is 106 Å². The number of allylic oxidation sites excluding steroid dienone is 14. The number of esters is 3. The van der Waals surface area contributed by atoms with Crippen molar-refractivity contribution in [2.24, 2.45) is 0 Å². The smallest absolute Gasteiger partial charge is 0.306 e. The third-order valence-corrected chi connectivity index (χ3v) is 12.9. The van der Waals surface area contributed by atoms with E-state index < -0.39 is 6.10 Å². The summed E-state index contributed by atoms with van der Waals surface area (Å²) < 4.78 is 16.9. The maximum atomic E-state index is 12.9. The Hall–Kier alpha value is -3.41. The number of hydrogen-bond donors (Lipinski definition) is 0. The quantitative estimate of drug-likeness (QED) is 0.0261. The summed E-state index contributed by atoms with van der Waals surface area (Å²) in [5.74, 6) is -0.916. The molecule has 0 aromatic carbocycles. The van der Waals surface area contributed by atoms with Crippen molar-refractivity contribution in [3.8, 4) is 0 Å². The monoisotopic (exact) mass is 989 g/mol. The van der Waals surface area contributed by atoms with Gasteiger partial charge in [0.25, 0.3) is 0 Å². The molecule has 0 saturated heterocycles. The van der Waals surface area contributed by atoms with Gasteiger partial charge in [-0.05, 0) is 96.3 Å². The minimum atomic E-state index is -0.795. The molecule has 0 aliphatic rings. The molecule has 0 fully saturated rings. The number of rotatable bonds is 54. The molecule has 0 saturated carbocycles. The SMILES string of the molecule is CC/C=C\C/C=C\C/C=C\C/C=C\CCCCCCC(=O)OC(COC(=O)CCCCCCCC/C=C\C/C=C\C/C=C\CCCCC)COC(=O)CCCCCCCCCCCCCCCCCCC. The zero-order valence-electron chi connectivity index (χ0n) is 46.7. The first kappa shape index (κ1) is 67.6. The van der Waals surface area contributed by atoms with E-state index in [-0.39, 0.29) is 31.1 Å². The minimum absolute atomic E-state index is 0.0889. The average Bonchev–Trinajstić information content (AvgIpc) is 3.37. The van der Waals surface area contributed by atoms with Gasteiger partial charge in [-0.25, -0.2) is 0 Å². The molecule has 408 valence electrons. The molecule has 71 heavy (non-hydrogen) atoms. The number of unbranched alkanes of at least 4 members (excludes halogenated alkanes) is 29. The topological polar surface area (TPSA) is 78.9 Å². The van der Waals surface area contributed by atoms with Crippen molar-refractivity contribution < 1.29 is 28.6 Å². The highest BCUT2D eigenvalue weighted by Gasteiger charge is 2.19. The summed E-state index contributed by atoms with van der Waals surface area (Å²) in [6.45, 7) is 6.50. The van der Waals surface area contributed by atoms with Gasteiger partial charge in [0.1, 0.15) is 13.2 Å². The first-order chi connectivity index (χ1) is 35.0. The summed E-state index contributed by atoms with van der Waals surface area (Å²) in [4.78, 5) is 38.2. The molecule has 0 radical (unpaired) electrons. The lowest BCUT2D eigenvalue weighted by Crippen LogP contribution is -2.30. The van der Waals surface area contributed by atoms with E-state index in [1.165, 1.54) is 135 Å². The van der Waals surface area contributed by atoms with Crippen LogP contribution >= 0.6 is 0 Å². The van der Waals surface area contributed by atoms with Crippen LogP contribution < -0.4 is 0 Å². The van der Waals surface area contributed by atoms with Crippen molar-refractivity contribution in [3.63, 3.8) is 0 Å². The van der Waals surface area contributed by atoms with Crippen LogP contribution in [0, 0.1) is 0 Å². The van der Waals surface area contributed by atoms with E-state index in [1.807, 2.05) is 0 Å². The first-order valence-corrected chi connectivity index (χ1v) is 30.1. The summed E-state index contributed by atoms with van der Waals surface area (Å²) in [6.07, 6.45) is 77.1. The molecule has 0 N–H and O–H groups in total. The summed E-state index contributed by atoms with van der Waals surface area (Å²) in [7, 11) is 0. The summed E-state index contributed by atoms with van der Waals surface area (Å²) in [6, 6.07) is 0. The molecule has 0 aliphatic carbocycles. The van der Waals surface area contributed by atoms with Crippen molar-refractivity contribution in [1.82, 2.24) is 0 Å². The van der Waals surface area contributed by atoms with Gasteiger partial charge in [-0.15, -0.1) is 0 Å². The Balaban J connectivity index is 4.43. The third kappa shape index (κ3) is 57.4. The Morgan fingerprint density at radius 3 is 0.887 bits per heavy atom. The predicted molar refractivity (Wildman–Crippen MR) is 307 cm³/mol. The average molecular weight is 990 g/mol. The van der Waals surface area contributed by atoms with Gasteiger partial charge in [0, 0.05) is 19.3 Å². The number of carbonyl (C=O) groups excluding carboxylic acids is 3. The molecular formula is C65H112O6. The van der Waals surface area contributed by atoms with Crippen LogP contribution in [0.2, 0.25) is 0 Å². The van der Waals surface area contributed by atoms with E-state index in [0.29, 0.717) is 19.3 Å². The zero-order chi connectivity index (χ0) is 51.4. The molecule has 0 spiro atoms. The van der Waals surface area contributed by atoms with E-state index >= 15 is 0 Å². The van der Waals surface area contributed by atoms with Crippen molar-refractivity contribution >= 4 is 17.9 Å². The molecule has 6 heteroatoms. The van der Waals surface area contributed by atoms with Gasteiger partial charge >= 0.3 is 17.9 Å². The van der Waals surface area contributed by atoms with E-state index in [4.69, 9.17) is 14.2 Å². The Labute approximate surface area is 439 Å². The molecular weight excluding hydrogens is 877 g/mol. The Morgan fingerprint density at radius 2 is 0.549 bits per heavy atom. The van der Waals surface area contributed by atoms with Crippen LogP contribution in [0.4, 0.5) is 0 Å². The van der Waals surface area contributed by atoms with E-state index in [0.717, 1.165) is 116 Å². The van der Waals surface area contributed by atoms with Crippen molar-refractivity contribution in [2.45, 2.75) is 297 Å². The molecule has 0 heterocycles. The second-order valence-electron chi connectivity index (χ2n) is 19.9. The van der Waals surface area contributed by atoms with Crippen LogP contribution in [-0.4, -0.2) is 37.2 Å². The summed E-state index contributed by atoms with van der Waals surface area (Å²) >= 11 is 0. The van der Waals surface area contributed by atoms with E-state index in [9.17, 15) is 14.4 Å². The Morgan fingerprint density at radius 1 is 0.296 bits per heavy atom. The van der Waals surface area contributed by atoms with Crippen LogP contribution in [-0.2, 0) is 28.6 Å². The van der Waals surface area contributed by atoms with Crippen LogP contribution in [0.1, 0.15) is 290 Å². The fourth-order valence-electron chi connectivity index (χ4n) is 8.38. The lowest BCUT2D eigenvalue weighted by Gasteiger charge is -2.18. The maximum Gasteiger partial charge on any atom is 0.306 e. The normalized spacial score (nSPS) is 12.7. The van der Waals surface area contributed by atoms with Gasteiger partial charge < -0.3 is 14.2 Å². The predicted octanol–water partition coefficient (Wildman–Crippen LogP) is 20.3. The second kappa shape index (κ2) is 59.2. The highest BCUT2D eigenvalue weighted by molar-refractivity contribution is 5.71. The molecule has 0 aromatic rings. The van der Waals surface area contributed by atoms with Gasteiger partial charge in [0.15, 0.2) is 6.10 Å². The van der Waals surface area contributed by atoms with Crippen molar-refractivity contribution in [2.75, 3.05) is 13.2 Å². The van der Waals surface area contributed by atoms with Gasteiger partial charge in [0.05, 0.1) is 0 Å². The van der Waals surface area contributed by atoms with E-state index in [1.54, 1.807) is 0 Å². The van der Waals surface area contributed by atoms with Gasteiger partial charge in [0.2, 0.25) is 0 Å². The molecule has 1 atom stereocenters. The minimum Gasteiger partial charge on any atom is -0.462 e. The number of carbonyl (C=O) groups is 3. The maximum absolute atomic E-state index is 12.9. The molecule has 0 aromatic heterocycles. The second-order valence-corrected chi connectivity index (χ2v) is 19.9. The molecule has 0 amide bonds. The molecule has 0 aliphatic heterocycles. The Kier molecular flexibility index (Phi) is 56.3. The molecule has 1 unspecified atom stereocenters. The fourth-order valence-corrected chi connectivity index (χ4v) is 8.38. The van der Waals surface area contributed by atoms with Crippen LogP contribution in [0.3, 0.4) is 0 Å². The fraction of sp³-hybridized carbons (Fsp3) is 0.738. The number of hydrogen-bond acceptors (Lipinski definition) is 6. The highest BCUT2D eigenvalue weighted by atomic mass is 16.6. The van der Waals surface area contributed by atoms with Crippen LogP contribution in [0.5, 0.6) is 0 Å². The van der Waals surface area contributed by atoms with Crippen LogP contribution in [0.25, 0.3) is 0 Å². The molecule has 0 bridgehead atoms. The van der Waals surface area contributed by atoms with Crippen molar-refractivity contribution in [3.05, 3.63) is 85.1 Å². The first-order valence-electron chi connectivity index (χ1n) is 30.1.